The van der Waals surface area contributed by atoms with Crippen LogP contribution in [0.2, 0.25) is 0 Å². The van der Waals surface area contributed by atoms with Crippen LogP contribution >= 0.6 is 0 Å². The van der Waals surface area contributed by atoms with Crippen molar-refractivity contribution in [1.82, 2.24) is 15.1 Å². The highest BCUT2D eigenvalue weighted by molar-refractivity contribution is 5.94. The number of ether oxygens (including phenoxy) is 2. The molecule has 3 aromatic rings. The topological polar surface area (TPSA) is 77.7 Å². The molecule has 0 aliphatic rings. The van der Waals surface area contributed by atoms with Crippen LogP contribution in [0.3, 0.4) is 0 Å². The van der Waals surface area contributed by atoms with E-state index in [1.54, 1.807) is 32.4 Å². The minimum absolute atomic E-state index is 0.189. The second-order valence-corrected chi connectivity index (χ2v) is 6.10. The van der Waals surface area contributed by atoms with E-state index in [1.807, 2.05) is 31.2 Å². The zero-order valence-electron chi connectivity index (χ0n) is 15.7. The van der Waals surface area contributed by atoms with Crippen molar-refractivity contribution in [2.45, 2.75) is 13.5 Å². The fourth-order valence-corrected chi connectivity index (χ4v) is 2.59. The summed E-state index contributed by atoms with van der Waals surface area (Å²) in [6.07, 6.45) is 0. The molecule has 1 amide bonds. The molecule has 2 aromatic carbocycles. The minimum atomic E-state index is -0.189. The third kappa shape index (κ3) is 4.08. The van der Waals surface area contributed by atoms with Gasteiger partial charge in [-0.15, -0.1) is 10.2 Å². The molecule has 0 saturated heterocycles. The van der Waals surface area contributed by atoms with Crippen molar-refractivity contribution >= 4 is 5.91 Å². The Morgan fingerprint density at radius 2 is 1.74 bits per heavy atom. The lowest BCUT2D eigenvalue weighted by molar-refractivity contribution is 0.0772. The Balaban J connectivity index is 1.72. The number of hydrogen-bond acceptors (Lipinski definition) is 6. The van der Waals surface area contributed by atoms with E-state index in [2.05, 4.69) is 10.2 Å². The molecule has 0 aliphatic carbocycles. The van der Waals surface area contributed by atoms with Crippen LogP contribution in [0.25, 0.3) is 11.5 Å². The first-order chi connectivity index (χ1) is 13.0. The maximum Gasteiger partial charge on any atom is 0.254 e. The number of carbonyl (C=O) groups excluding carboxylic acids is 1. The number of amides is 1. The van der Waals surface area contributed by atoms with Crippen molar-refractivity contribution in [2.24, 2.45) is 0 Å². The van der Waals surface area contributed by atoms with Crippen LogP contribution in [0.1, 0.15) is 21.8 Å². The molecule has 27 heavy (non-hydrogen) atoms. The number of carbonyl (C=O) groups is 1. The Hall–Kier alpha value is -3.35. The van der Waals surface area contributed by atoms with Gasteiger partial charge >= 0.3 is 0 Å². The zero-order chi connectivity index (χ0) is 19.4. The summed E-state index contributed by atoms with van der Waals surface area (Å²) >= 11 is 0. The van der Waals surface area contributed by atoms with Crippen LogP contribution in [-0.2, 0) is 6.54 Å². The molecule has 0 spiro atoms. The lowest BCUT2D eigenvalue weighted by Crippen LogP contribution is -2.26. The molecule has 0 unspecified atom stereocenters. The van der Waals surface area contributed by atoms with Crippen molar-refractivity contribution in [1.29, 1.82) is 0 Å². The van der Waals surface area contributed by atoms with Gasteiger partial charge in [0.1, 0.15) is 0 Å². The van der Waals surface area contributed by atoms with Crippen LogP contribution in [0.5, 0.6) is 11.5 Å². The zero-order valence-corrected chi connectivity index (χ0v) is 15.7. The van der Waals surface area contributed by atoms with Gasteiger partial charge in [0, 0.05) is 18.2 Å². The average molecular weight is 367 g/mol. The highest BCUT2D eigenvalue weighted by Gasteiger charge is 2.18. The number of nitrogens with zero attached hydrogens (tertiary/aromatic N) is 3. The lowest BCUT2D eigenvalue weighted by Gasteiger charge is -2.16. The molecule has 0 bridgehead atoms. The molecule has 0 radical (unpaired) electrons. The summed E-state index contributed by atoms with van der Waals surface area (Å²) in [5, 5.41) is 8.10. The van der Waals surface area contributed by atoms with Crippen molar-refractivity contribution < 1.29 is 18.7 Å². The van der Waals surface area contributed by atoms with Gasteiger partial charge in [-0.3, -0.25) is 4.79 Å². The normalized spacial score (nSPS) is 10.5. The second kappa shape index (κ2) is 7.90. The minimum Gasteiger partial charge on any atom is -0.493 e. The Kier molecular flexibility index (Phi) is 5.40. The number of aromatic nitrogens is 2. The van der Waals surface area contributed by atoms with Crippen LogP contribution in [0, 0.1) is 6.92 Å². The summed E-state index contributed by atoms with van der Waals surface area (Å²) in [7, 11) is 4.75. The number of rotatable bonds is 6. The van der Waals surface area contributed by atoms with Crippen molar-refractivity contribution in [3.63, 3.8) is 0 Å². The van der Waals surface area contributed by atoms with Gasteiger partial charge in [0.25, 0.3) is 5.91 Å². The third-order valence-corrected chi connectivity index (χ3v) is 4.11. The maximum absolute atomic E-state index is 12.7. The summed E-state index contributed by atoms with van der Waals surface area (Å²) in [5.74, 6) is 1.66. The van der Waals surface area contributed by atoms with Gasteiger partial charge < -0.3 is 18.8 Å². The van der Waals surface area contributed by atoms with Crippen LogP contribution in [0.4, 0.5) is 0 Å². The Labute approximate surface area is 157 Å². The molecular formula is C20H21N3O4. The van der Waals surface area contributed by atoms with Gasteiger partial charge in [-0.1, -0.05) is 17.7 Å². The van der Waals surface area contributed by atoms with E-state index in [0.29, 0.717) is 28.8 Å². The van der Waals surface area contributed by atoms with Crippen LogP contribution < -0.4 is 9.47 Å². The molecular weight excluding hydrogens is 346 g/mol. The maximum atomic E-state index is 12.7. The van der Waals surface area contributed by atoms with E-state index in [9.17, 15) is 4.79 Å². The second-order valence-electron chi connectivity index (χ2n) is 6.10. The SMILES string of the molecule is COc1ccc(C(=O)N(C)Cc2nnc(-c3ccc(C)cc3)o2)cc1OC. The van der Waals surface area contributed by atoms with Crippen LogP contribution in [0.15, 0.2) is 46.9 Å². The predicted molar refractivity (Wildman–Crippen MR) is 99.8 cm³/mol. The molecule has 0 N–H and O–H groups in total. The molecule has 0 saturated carbocycles. The van der Waals surface area contributed by atoms with E-state index in [0.717, 1.165) is 11.1 Å². The van der Waals surface area contributed by atoms with Crippen molar-refractivity contribution in [3.05, 3.63) is 59.5 Å². The largest absolute Gasteiger partial charge is 0.493 e. The highest BCUT2D eigenvalue weighted by atomic mass is 16.5. The first-order valence-corrected chi connectivity index (χ1v) is 8.38. The standard InChI is InChI=1S/C20H21N3O4/c1-13-5-7-14(8-6-13)19-22-21-18(27-19)12-23(2)20(24)15-9-10-16(25-3)17(11-15)26-4/h5-11H,12H2,1-4H3. The van der Waals surface area contributed by atoms with Gasteiger partial charge in [-0.2, -0.15) is 0 Å². The number of hydrogen-bond donors (Lipinski definition) is 0. The first-order valence-electron chi connectivity index (χ1n) is 8.38. The number of aryl methyl sites for hydroxylation is 1. The molecule has 3 rings (SSSR count). The molecule has 140 valence electrons. The Morgan fingerprint density at radius 1 is 1.04 bits per heavy atom. The Morgan fingerprint density at radius 3 is 2.41 bits per heavy atom. The van der Waals surface area contributed by atoms with Crippen molar-refractivity contribution in [2.75, 3.05) is 21.3 Å². The summed E-state index contributed by atoms with van der Waals surface area (Å²) in [5.41, 5.74) is 2.47. The van der Waals surface area contributed by atoms with Gasteiger partial charge in [0.15, 0.2) is 11.5 Å². The van der Waals surface area contributed by atoms with Gasteiger partial charge in [0.05, 0.1) is 20.8 Å². The fraction of sp³-hybridized carbons (Fsp3) is 0.250. The van der Waals surface area contributed by atoms with E-state index < -0.39 is 0 Å². The molecule has 1 aromatic heterocycles. The molecule has 1 heterocycles. The number of benzene rings is 2. The quantitative estimate of drug-likeness (QED) is 0.665. The monoisotopic (exact) mass is 367 g/mol. The summed E-state index contributed by atoms with van der Waals surface area (Å²) in [6, 6.07) is 12.8. The molecule has 7 nitrogen and oxygen atoms in total. The summed E-state index contributed by atoms with van der Waals surface area (Å²) in [6.45, 7) is 2.21. The van der Waals surface area contributed by atoms with Gasteiger partial charge in [0.2, 0.25) is 11.8 Å². The van der Waals surface area contributed by atoms with Crippen LogP contribution in [-0.4, -0.2) is 42.3 Å². The molecule has 0 aliphatic heterocycles. The lowest BCUT2D eigenvalue weighted by atomic mass is 10.1. The van der Waals surface area contributed by atoms with E-state index in [-0.39, 0.29) is 12.5 Å². The van der Waals surface area contributed by atoms with E-state index in [1.165, 1.54) is 12.0 Å². The molecule has 0 atom stereocenters. The average Bonchev–Trinajstić information content (AvgIpc) is 3.15. The molecule has 7 heteroatoms. The van der Waals surface area contributed by atoms with Crippen molar-refractivity contribution in [3.8, 4) is 23.0 Å². The Bertz CT molecular complexity index is 935. The third-order valence-electron chi connectivity index (χ3n) is 4.11. The number of methoxy groups -OCH3 is 2. The summed E-state index contributed by atoms with van der Waals surface area (Å²) < 4.78 is 16.1. The fourth-order valence-electron chi connectivity index (χ4n) is 2.59. The first kappa shape index (κ1) is 18.4. The molecule has 0 fully saturated rings. The van der Waals surface area contributed by atoms with E-state index >= 15 is 0 Å². The summed E-state index contributed by atoms with van der Waals surface area (Å²) in [4.78, 5) is 14.2. The smallest absolute Gasteiger partial charge is 0.254 e. The highest BCUT2D eigenvalue weighted by Crippen LogP contribution is 2.28. The van der Waals surface area contributed by atoms with E-state index in [4.69, 9.17) is 13.9 Å². The van der Waals surface area contributed by atoms with Gasteiger partial charge in [-0.05, 0) is 37.3 Å². The van der Waals surface area contributed by atoms with Gasteiger partial charge in [-0.25, -0.2) is 0 Å². The predicted octanol–water partition coefficient (Wildman–Crippen LogP) is 3.33.